The van der Waals surface area contributed by atoms with Crippen molar-refractivity contribution < 1.29 is 42.1 Å². The highest BCUT2D eigenvalue weighted by molar-refractivity contribution is 6.73. The van der Waals surface area contributed by atoms with Crippen molar-refractivity contribution in [2.45, 2.75) is 154 Å². The Labute approximate surface area is 307 Å². The van der Waals surface area contributed by atoms with E-state index in [1.807, 2.05) is 18.2 Å². The molecule has 2 saturated carbocycles. The summed E-state index contributed by atoms with van der Waals surface area (Å²) in [7, 11) is -4.06. The smallest absolute Gasteiger partial charge is 0.338 e. The van der Waals surface area contributed by atoms with Gasteiger partial charge in [0.1, 0.15) is 23.9 Å². The van der Waals surface area contributed by atoms with Crippen LogP contribution in [0.15, 0.2) is 54.1 Å². The maximum Gasteiger partial charge on any atom is 0.338 e. The standard InChI is InChI=1S/C40H60O9Si2/c1-12-30-44-32-31-25(5)28(48-51(13-2,14-3)15-4)23-40(37(31,7)8,49-50(10)11)35(46-36(42)27-19-17-16-18-20-27)33-38(9,34(32)45-30)22-21-29-39(33,24-43-29)47-26(6)41/h12,16-20,28-30,32-35,50H,1,13-15,21-24H2,2-11H3/t28-,29+,30?,32+,33-,34+,35-,38+,39-,40+/m0/s1. The number of rotatable bonds is 11. The van der Waals surface area contributed by atoms with E-state index >= 15 is 0 Å². The highest BCUT2D eigenvalue weighted by Gasteiger charge is 2.77. The summed E-state index contributed by atoms with van der Waals surface area (Å²) in [4.78, 5) is 27.7. The summed E-state index contributed by atoms with van der Waals surface area (Å²) in [6.07, 6.45) is 0.416. The molecule has 1 unspecified atom stereocenters. The van der Waals surface area contributed by atoms with Crippen LogP contribution in [0.3, 0.4) is 0 Å². The van der Waals surface area contributed by atoms with Gasteiger partial charge in [0.2, 0.25) is 0 Å². The van der Waals surface area contributed by atoms with Gasteiger partial charge in [-0.15, -0.1) is 0 Å². The van der Waals surface area contributed by atoms with Gasteiger partial charge in [0.15, 0.2) is 29.2 Å². The van der Waals surface area contributed by atoms with E-state index in [0.29, 0.717) is 24.8 Å². The Balaban J connectivity index is 1.69. The van der Waals surface area contributed by atoms with Crippen LogP contribution in [0.25, 0.3) is 0 Å². The average molecular weight is 741 g/mol. The van der Waals surface area contributed by atoms with E-state index < -0.39 is 81.8 Å². The summed E-state index contributed by atoms with van der Waals surface area (Å²) in [5.74, 6) is -1.40. The van der Waals surface area contributed by atoms with E-state index in [4.69, 9.17) is 32.5 Å². The van der Waals surface area contributed by atoms with Crippen LogP contribution in [-0.4, -0.2) is 83.9 Å². The number of ether oxygens (including phenoxy) is 5. The molecule has 10 atom stereocenters. The van der Waals surface area contributed by atoms with E-state index in [-0.39, 0.29) is 18.8 Å². The maximum atomic E-state index is 14.6. The van der Waals surface area contributed by atoms with Crippen molar-refractivity contribution in [3.63, 3.8) is 0 Å². The topological polar surface area (TPSA) is 98.8 Å². The quantitative estimate of drug-likeness (QED) is 0.130. The van der Waals surface area contributed by atoms with Crippen LogP contribution in [0.5, 0.6) is 0 Å². The highest BCUT2D eigenvalue weighted by atomic mass is 28.4. The van der Waals surface area contributed by atoms with Gasteiger partial charge in [-0.25, -0.2) is 4.79 Å². The second-order valence-corrected chi connectivity index (χ2v) is 23.7. The molecular formula is C40H60O9Si2. The Kier molecular flexibility index (Phi) is 10.5. The normalized spacial score (nSPS) is 38.4. The third-order valence-corrected chi connectivity index (χ3v) is 19.0. The average Bonchev–Trinajstić information content (AvgIpc) is 3.51. The fourth-order valence-corrected chi connectivity index (χ4v) is 14.9. The van der Waals surface area contributed by atoms with E-state index in [1.54, 1.807) is 18.2 Å². The van der Waals surface area contributed by atoms with Gasteiger partial charge >= 0.3 is 11.9 Å². The predicted octanol–water partition coefficient (Wildman–Crippen LogP) is 7.51. The lowest BCUT2D eigenvalue weighted by atomic mass is 9.45. The van der Waals surface area contributed by atoms with Crippen LogP contribution < -0.4 is 0 Å². The SMILES string of the molecule is C=CC1O[C@@H]2C3=C(C)[C@@H](O[Si](CC)(CC)CC)C[C@@](O[SiH](C)C)([C@@H](OC(=O)c4ccccc4)[C@H]4[C@@](C)(CC[C@H]5OC[C@]54OC(C)=O)[C@@H]2O1)C3(C)C. The van der Waals surface area contributed by atoms with Crippen LogP contribution >= 0.6 is 0 Å². The first kappa shape index (κ1) is 38.6. The molecule has 4 fully saturated rings. The van der Waals surface area contributed by atoms with E-state index in [1.165, 1.54) is 6.92 Å². The Morgan fingerprint density at radius 3 is 2.27 bits per heavy atom. The first-order chi connectivity index (χ1) is 24.1. The number of hydrogen-bond donors (Lipinski definition) is 0. The number of benzene rings is 1. The van der Waals surface area contributed by atoms with Crippen molar-refractivity contribution in [3.05, 3.63) is 59.7 Å². The second-order valence-electron chi connectivity index (χ2n) is 16.6. The van der Waals surface area contributed by atoms with Gasteiger partial charge in [0, 0.05) is 24.2 Å². The lowest BCUT2D eigenvalue weighted by Gasteiger charge is -2.69. The van der Waals surface area contributed by atoms with Gasteiger partial charge in [-0.05, 0) is 80.3 Å². The van der Waals surface area contributed by atoms with Gasteiger partial charge in [0.05, 0.1) is 30.3 Å². The summed E-state index contributed by atoms with van der Waals surface area (Å²) >= 11 is 0. The fraction of sp³-hybridized carbons (Fsp3) is 0.700. The Morgan fingerprint density at radius 2 is 1.73 bits per heavy atom. The third-order valence-electron chi connectivity index (χ3n) is 13.4. The molecule has 11 heteroatoms. The molecular weight excluding hydrogens is 681 g/mol. The highest BCUT2D eigenvalue weighted by Crippen LogP contribution is 2.67. The molecule has 51 heavy (non-hydrogen) atoms. The number of fused-ring (bicyclic) bond motifs is 8. The molecule has 2 bridgehead atoms. The fourth-order valence-electron chi connectivity index (χ4n) is 10.7. The first-order valence-electron chi connectivity index (χ1n) is 19.2. The second kappa shape index (κ2) is 13.9. The minimum absolute atomic E-state index is 0.189. The molecule has 2 saturated heterocycles. The van der Waals surface area contributed by atoms with Crippen molar-refractivity contribution in [1.82, 2.24) is 0 Å². The van der Waals surface area contributed by atoms with Crippen molar-refractivity contribution >= 4 is 29.3 Å². The molecule has 0 N–H and O–H groups in total. The molecule has 1 aromatic carbocycles. The first-order valence-corrected chi connectivity index (χ1v) is 24.5. The minimum Gasteiger partial charge on any atom is -0.455 e. The van der Waals surface area contributed by atoms with Gasteiger partial charge < -0.3 is 32.5 Å². The summed E-state index contributed by atoms with van der Waals surface area (Å²) in [6.45, 7) is 25.6. The third kappa shape index (κ3) is 5.97. The zero-order chi connectivity index (χ0) is 37.1. The zero-order valence-corrected chi connectivity index (χ0v) is 34.6. The number of esters is 2. The molecule has 0 spiro atoms. The van der Waals surface area contributed by atoms with Crippen molar-refractivity contribution in [2.24, 2.45) is 16.7 Å². The van der Waals surface area contributed by atoms with Gasteiger partial charge in [-0.1, -0.05) is 66.3 Å². The van der Waals surface area contributed by atoms with E-state index in [9.17, 15) is 9.59 Å². The summed E-state index contributed by atoms with van der Waals surface area (Å²) in [6, 6.07) is 12.1. The van der Waals surface area contributed by atoms with Crippen LogP contribution in [0.1, 0.15) is 85.0 Å². The van der Waals surface area contributed by atoms with Crippen LogP contribution in [-0.2, 0) is 37.3 Å². The Hall–Kier alpha value is -2.13. The van der Waals surface area contributed by atoms with Crippen molar-refractivity contribution in [2.75, 3.05) is 6.61 Å². The Bertz CT molecular complexity index is 1520. The van der Waals surface area contributed by atoms with Crippen LogP contribution in [0.4, 0.5) is 0 Å². The minimum atomic E-state index is -2.17. The van der Waals surface area contributed by atoms with Gasteiger partial charge in [-0.2, -0.15) is 0 Å². The summed E-state index contributed by atoms with van der Waals surface area (Å²) in [5.41, 5.74) is -0.909. The lowest BCUT2D eigenvalue weighted by Crippen LogP contribution is -2.80. The number of carbonyl (C=O) groups excluding carboxylic acids is 2. The molecule has 2 heterocycles. The molecule has 1 aromatic rings. The van der Waals surface area contributed by atoms with Crippen LogP contribution in [0.2, 0.25) is 31.2 Å². The van der Waals surface area contributed by atoms with Crippen molar-refractivity contribution in [3.8, 4) is 0 Å². The monoisotopic (exact) mass is 740 g/mol. The molecule has 9 nitrogen and oxygen atoms in total. The molecule has 0 amide bonds. The summed E-state index contributed by atoms with van der Waals surface area (Å²) < 4.78 is 48.7. The molecule has 5 aliphatic rings. The summed E-state index contributed by atoms with van der Waals surface area (Å²) in [5, 5.41) is 0. The van der Waals surface area contributed by atoms with E-state index in [2.05, 4.69) is 68.1 Å². The van der Waals surface area contributed by atoms with Gasteiger partial charge in [-0.3, -0.25) is 4.79 Å². The van der Waals surface area contributed by atoms with Gasteiger partial charge in [0.25, 0.3) is 0 Å². The van der Waals surface area contributed by atoms with Crippen LogP contribution in [0, 0.1) is 16.7 Å². The van der Waals surface area contributed by atoms with E-state index in [0.717, 1.165) is 29.3 Å². The molecule has 0 aromatic heterocycles. The number of hydrogen-bond acceptors (Lipinski definition) is 9. The predicted molar refractivity (Wildman–Crippen MR) is 200 cm³/mol. The molecule has 282 valence electrons. The largest absolute Gasteiger partial charge is 0.455 e. The lowest BCUT2D eigenvalue weighted by molar-refractivity contribution is -0.343. The molecule has 3 aliphatic carbocycles. The van der Waals surface area contributed by atoms with Crippen molar-refractivity contribution in [1.29, 1.82) is 0 Å². The zero-order valence-electron chi connectivity index (χ0n) is 32.4. The molecule has 6 rings (SSSR count). The molecule has 0 radical (unpaired) electrons. The Morgan fingerprint density at radius 1 is 1.06 bits per heavy atom. The number of carbonyl (C=O) groups is 2. The molecule has 2 aliphatic heterocycles. The maximum absolute atomic E-state index is 14.6.